The molecule has 0 saturated carbocycles. The second-order valence-corrected chi connectivity index (χ2v) is 16.1. The molecule has 0 aromatic heterocycles. The number of benzene rings is 8. The summed E-state index contributed by atoms with van der Waals surface area (Å²) in [5.41, 5.74) is 2.10. The minimum absolute atomic E-state index is 0. The fourth-order valence-electron chi connectivity index (χ4n) is 5.54. The van der Waals surface area contributed by atoms with Crippen LogP contribution in [0.1, 0.15) is 11.1 Å². The second-order valence-electron chi connectivity index (χ2n) is 11.7. The normalized spacial score (nSPS) is 9.92. The molecule has 8 aromatic carbocycles. The van der Waals surface area contributed by atoms with Gasteiger partial charge in [0.2, 0.25) is 0 Å². The van der Waals surface area contributed by atoms with Gasteiger partial charge in [0.15, 0.2) is 0 Å². The maximum atomic E-state index is 3.11. The standard InChI is InChI=1S/2C18H15P.C14H10.Pt/c2*1-4-10-16(11-5-1)19(17-12-6-2-7-13-17)18-14-8-3-9-15-18;1-3-7-13(8-4-1)11-12-14-9-5-2-6-10-14;/h2*1-15H;1-10H;. The van der Waals surface area contributed by atoms with Gasteiger partial charge in [0.05, 0.1) is 0 Å². The first kappa shape index (κ1) is 39.1. The zero-order valence-corrected chi connectivity index (χ0v) is 33.4. The van der Waals surface area contributed by atoms with E-state index in [-0.39, 0.29) is 21.1 Å². The van der Waals surface area contributed by atoms with E-state index in [0.717, 1.165) is 11.1 Å². The molecule has 8 aromatic rings. The summed E-state index contributed by atoms with van der Waals surface area (Å²) < 4.78 is 0. The van der Waals surface area contributed by atoms with E-state index in [4.69, 9.17) is 0 Å². The molecule has 53 heavy (non-hydrogen) atoms. The molecule has 0 atom stereocenters. The van der Waals surface area contributed by atoms with Crippen molar-refractivity contribution in [3.63, 3.8) is 0 Å². The zero-order chi connectivity index (χ0) is 35.5. The van der Waals surface area contributed by atoms with E-state index in [2.05, 4.69) is 194 Å². The largest absolute Gasteiger partial charge is 0.0622 e. The van der Waals surface area contributed by atoms with Gasteiger partial charge < -0.3 is 0 Å². The Hall–Kier alpha value is -5.13. The van der Waals surface area contributed by atoms with Gasteiger partial charge in [-0.25, -0.2) is 0 Å². The van der Waals surface area contributed by atoms with E-state index < -0.39 is 15.8 Å². The van der Waals surface area contributed by atoms with Gasteiger partial charge in [0.25, 0.3) is 0 Å². The smallest absolute Gasteiger partial charge is 0.0249 e. The van der Waals surface area contributed by atoms with Crippen LogP contribution < -0.4 is 31.8 Å². The van der Waals surface area contributed by atoms with Crippen LogP contribution in [0.4, 0.5) is 0 Å². The van der Waals surface area contributed by atoms with Crippen LogP contribution in [0.25, 0.3) is 0 Å². The third-order valence-corrected chi connectivity index (χ3v) is 12.9. The summed E-state index contributed by atoms with van der Waals surface area (Å²) in [6, 6.07) is 84.7. The molecule has 0 aliphatic heterocycles. The summed E-state index contributed by atoms with van der Waals surface area (Å²) in [5, 5.41) is 8.39. The summed E-state index contributed by atoms with van der Waals surface area (Å²) in [4.78, 5) is 0. The minimum atomic E-state index is -0.446. The Labute approximate surface area is 332 Å². The number of rotatable bonds is 6. The van der Waals surface area contributed by atoms with Gasteiger partial charge in [-0.15, -0.1) is 0 Å². The summed E-state index contributed by atoms with van der Waals surface area (Å²) in [6.07, 6.45) is 0. The van der Waals surface area contributed by atoms with Crippen molar-refractivity contribution in [3.8, 4) is 11.8 Å². The van der Waals surface area contributed by atoms with Crippen LogP contribution >= 0.6 is 15.8 Å². The molecule has 0 saturated heterocycles. The van der Waals surface area contributed by atoms with Crippen LogP contribution in [0.3, 0.4) is 0 Å². The van der Waals surface area contributed by atoms with Crippen molar-refractivity contribution in [1.29, 1.82) is 0 Å². The van der Waals surface area contributed by atoms with Gasteiger partial charge in [-0.2, -0.15) is 0 Å². The Balaban J connectivity index is 0.000000154. The van der Waals surface area contributed by atoms with Crippen LogP contribution in [0, 0.1) is 11.8 Å². The van der Waals surface area contributed by atoms with E-state index in [1.807, 2.05) is 60.7 Å². The fourth-order valence-corrected chi connectivity index (χ4v) is 10.2. The first-order valence-corrected chi connectivity index (χ1v) is 20.1. The van der Waals surface area contributed by atoms with Crippen molar-refractivity contribution in [3.05, 3.63) is 254 Å². The molecule has 0 unspecified atom stereocenters. The molecule has 0 heterocycles. The van der Waals surface area contributed by atoms with E-state index in [1.165, 1.54) is 31.8 Å². The Kier molecular flexibility index (Phi) is 16.3. The summed E-state index contributed by atoms with van der Waals surface area (Å²) in [5.74, 6) is 6.22. The van der Waals surface area contributed by atoms with Gasteiger partial charge in [0.1, 0.15) is 0 Å². The van der Waals surface area contributed by atoms with Gasteiger partial charge in [-0.05, 0) is 71.9 Å². The third kappa shape index (κ3) is 12.2. The van der Waals surface area contributed by atoms with Crippen molar-refractivity contribution < 1.29 is 21.1 Å². The summed E-state index contributed by atoms with van der Waals surface area (Å²) in [6.45, 7) is 0. The van der Waals surface area contributed by atoms with E-state index >= 15 is 0 Å². The molecule has 8 rings (SSSR count). The molecule has 0 fully saturated rings. The number of hydrogen-bond donors (Lipinski definition) is 0. The van der Waals surface area contributed by atoms with Gasteiger partial charge in [-0.1, -0.05) is 230 Å². The van der Waals surface area contributed by atoms with Crippen molar-refractivity contribution in [2.45, 2.75) is 0 Å². The molecule has 260 valence electrons. The summed E-state index contributed by atoms with van der Waals surface area (Å²) in [7, 11) is -0.892. The maximum absolute atomic E-state index is 3.11. The van der Waals surface area contributed by atoms with Crippen LogP contribution in [0.2, 0.25) is 0 Å². The molecule has 0 spiro atoms. The minimum Gasteiger partial charge on any atom is -0.0622 e. The van der Waals surface area contributed by atoms with Crippen molar-refractivity contribution in [1.82, 2.24) is 0 Å². The van der Waals surface area contributed by atoms with Crippen LogP contribution in [-0.4, -0.2) is 0 Å². The molecule has 0 bridgehead atoms. The molecule has 0 radical (unpaired) electrons. The SMILES string of the molecule is C(#Cc1ccccc1)c1ccccc1.[Pt].c1ccc(P(c2ccccc2)c2ccccc2)cc1.c1ccc(P(c2ccccc2)c2ccccc2)cc1. The predicted octanol–water partition coefficient (Wildman–Crippen LogP) is 9.97. The molecule has 0 nitrogen and oxygen atoms in total. The predicted molar refractivity (Wildman–Crippen MR) is 229 cm³/mol. The maximum Gasteiger partial charge on any atom is 0.0249 e. The Bertz CT molecular complexity index is 1860. The average molecular weight is 898 g/mol. The van der Waals surface area contributed by atoms with Crippen molar-refractivity contribution >= 4 is 47.7 Å². The van der Waals surface area contributed by atoms with Crippen molar-refractivity contribution in [2.24, 2.45) is 0 Å². The van der Waals surface area contributed by atoms with E-state index in [0.29, 0.717) is 0 Å². The Morgan fingerprint density at radius 3 is 0.528 bits per heavy atom. The molecule has 3 heteroatoms. The Morgan fingerprint density at radius 1 is 0.208 bits per heavy atom. The van der Waals surface area contributed by atoms with Crippen LogP contribution in [0.15, 0.2) is 243 Å². The van der Waals surface area contributed by atoms with Crippen LogP contribution in [0.5, 0.6) is 0 Å². The monoisotopic (exact) mass is 897 g/mol. The average Bonchev–Trinajstić information content (AvgIpc) is 3.24. The second kappa shape index (κ2) is 22.1. The molecule has 0 N–H and O–H groups in total. The van der Waals surface area contributed by atoms with Gasteiger partial charge in [0, 0.05) is 32.2 Å². The first-order valence-electron chi connectivity index (χ1n) is 17.4. The van der Waals surface area contributed by atoms with Gasteiger partial charge in [-0.3, -0.25) is 0 Å². The molecular formula is C50H40P2Pt. The zero-order valence-electron chi connectivity index (χ0n) is 29.3. The molecule has 0 amide bonds. The first-order chi connectivity index (χ1) is 25.8. The van der Waals surface area contributed by atoms with E-state index in [1.54, 1.807) is 0 Å². The molecule has 0 aliphatic carbocycles. The molecular weight excluding hydrogens is 858 g/mol. The fraction of sp³-hybridized carbons (Fsp3) is 0. The number of hydrogen-bond acceptors (Lipinski definition) is 0. The Morgan fingerprint density at radius 2 is 0.358 bits per heavy atom. The topological polar surface area (TPSA) is 0 Å². The van der Waals surface area contributed by atoms with Gasteiger partial charge >= 0.3 is 0 Å². The van der Waals surface area contributed by atoms with E-state index in [9.17, 15) is 0 Å². The van der Waals surface area contributed by atoms with Crippen LogP contribution in [-0.2, 0) is 21.1 Å². The summed E-state index contributed by atoms with van der Waals surface area (Å²) >= 11 is 0. The van der Waals surface area contributed by atoms with Crippen molar-refractivity contribution in [2.75, 3.05) is 0 Å². The third-order valence-electron chi connectivity index (χ3n) is 7.99. The quantitative estimate of drug-likeness (QED) is 0.115. The molecule has 0 aliphatic rings.